The van der Waals surface area contributed by atoms with E-state index >= 15 is 0 Å². The van der Waals surface area contributed by atoms with Crippen LogP contribution in [0.2, 0.25) is 5.02 Å². The van der Waals surface area contributed by atoms with Gasteiger partial charge in [-0.2, -0.15) is 0 Å². The van der Waals surface area contributed by atoms with E-state index in [0.717, 1.165) is 28.5 Å². The largest absolute Gasteiger partial charge is 0.313 e. The molecule has 2 rings (SSSR count). The summed E-state index contributed by atoms with van der Waals surface area (Å²) in [6.45, 7) is 4.48. The minimum atomic E-state index is 0.801. The van der Waals surface area contributed by atoms with Crippen LogP contribution < -0.4 is 5.32 Å². The van der Waals surface area contributed by atoms with E-state index in [1.54, 1.807) is 0 Å². The highest BCUT2D eigenvalue weighted by atomic mass is 79.9. The van der Waals surface area contributed by atoms with Gasteiger partial charge in [-0.1, -0.05) is 27.5 Å². The van der Waals surface area contributed by atoms with Crippen molar-refractivity contribution in [2.24, 2.45) is 5.92 Å². The predicted molar refractivity (Wildman–Crippen MR) is 85.7 cm³/mol. The van der Waals surface area contributed by atoms with Gasteiger partial charge in [0, 0.05) is 16.0 Å². The molecule has 4 heteroatoms. The molecule has 0 aliphatic carbocycles. The maximum atomic E-state index is 6.01. The van der Waals surface area contributed by atoms with Crippen molar-refractivity contribution in [2.75, 3.05) is 26.7 Å². The summed E-state index contributed by atoms with van der Waals surface area (Å²) in [5.41, 5.74) is 1.23. The SMILES string of the molecule is CN1CCC(CCNCc2cc(Cl)ccc2Br)CC1. The lowest BCUT2D eigenvalue weighted by Gasteiger charge is -2.28. The summed E-state index contributed by atoms with van der Waals surface area (Å²) in [6, 6.07) is 5.94. The van der Waals surface area contributed by atoms with Crippen molar-refractivity contribution in [1.82, 2.24) is 10.2 Å². The third-order valence-electron chi connectivity index (χ3n) is 3.89. The van der Waals surface area contributed by atoms with Crippen LogP contribution in [-0.2, 0) is 6.54 Å². The first kappa shape index (κ1) is 15.3. The van der Waals surface area contributed by atoms with Gasteiger partial charge in [-0.3, -0.25) is 0 Å². The zero-order valence-corrected chi connectivity index (χ0v) is 13.8. The molecular formula is C15H22BrClN2. The number of nitrogens with one attached hydrogen (secondary N) is 1. The Bertz CT molecular complexity index is 403. The third kappa shape index (κ3) is 5.07. The fourth-order valence-electron chi connectivity index (χ4n) is 2.56. The first-order valence-electron chi connectivity index (χ1n) is 6.98. The molecule has 1 N–H and O–H groups in total. The summed E-state index contributed by atoms with van der Waals surface area (Å²) < 4.78 is 1.13. The number of halogens is 2. The lowest BCUT2D eigenvalue weighted by atomic mass is 9.94. The van der Waals surface area contributed by atoms with Crippen molar-refractivity contribution in [2.45, 2.75) is 25.8 Å². The molecule has 1 aliphatic heterocycles. The minimum Gasteiger partial charge on any atom is -0.313 e. The second-order valence-corrected chi connectivity index (χ2v) is 6.74. The van der Waals surface area contributed by atoms with Crippen LogP contribution in [-0.4, -0.2) is 31.6 Å². The van der Waals surface area contributed by atoms with Gasteiger partial charge in [-0.25, -0.2) is 0 Å². The fourth-order valence-corrected chi connectivity index (χ4v) is 3.14. The van der Waals surface area contributed by atoms with Crippen LogP contribution in [0.1, 0.15) is 24.8 Å². The van der Waals surface area contributed by atoms with Crippen LogP contribution in [0.5, 0.6) is 0 Å². The molecule has 1 aromatic carbocycles. The second-order valence-electron chi connectivity index (χ2n) is 5.45. The molecule has 0 unspecified atom stereocenters. The molecule has 0 radical (unpaired) electrons. The smallest absolute Gasteiger partial charge is 0.0410 e. The van der Waals surface area contributed by atoms with Crippen LogP contribution in [0.15, 0.2) is 22.7 Å². The maximum absolute atomic E-state index is 6.01. The molecule has 19 heavy (non-hydrogen) atoms. The Morgan fingerprint density at radius 2 is 2.11 bits per heavy atom. The predicted octanol–water partition coefficient (Wildman–Crippen LogP) is 3.92. The van der Waals surface area contributed by atoms with E-state index in [1.807, 2.05) is 18.2 Å². The lowest BCUT2D eigenvalue weighted by Crippen LogP contribution is -2.31. The summed E-state index contributed by atoms with van der Waals surface area (Å²) in [5, 5.41) is 4.33. The van der Waals surface area contributed by atoms with Gasteiger partial charge in [0.15, 0.2) is 0 Å². The topological polar surface area (TPSA) is 15.3 Å². The van der Waals surface area contributed by atoms with Gasteiger partial charge in [0.1, 0.15) is 0 Å². The zero-order chi connectivity index (χ0) is 13.7. The van der Waals surface area contributed by atoms with Gasteiger partial charge in [-0.05, 0) is 75.6 Å². The Hall–Kier alpha value is -0.0900. The second kappa shape index (κ2) is 7.63. The summed E-state index contributed by atoms with van der Waals surface area (Å²) in [6.07, 6.45) is 3.98. The van der Waals surface area contributed by atoms with Crippen molar-refractivity contribution >= 4 is 27.5 Å². The van der Waals surface area contributed by atoms with E-state index < -0.39 is 0 Å². The molecule has 1 saturated heterocycles. The number of benzene rings is 1. The lowest BCUT2D eigenvalue weighted by molar-refractivity contribution is 0.211. The van der Waals surface area contributed by atoms with Gasteiger partial charge in [0.25, 0.3) is 0 Å². The van der Waals surface area contributed by atoms with Gasteiger partial charge >= 0.3 is 0 Å². The van der Waals surface area contributed by atoms with E-state index in [1.165, 1.54) is 37.9 Å². The van der Waals surface area contributed by atoms with Crippen LogP contribution in [0.4, 0.5) is 0 Å². The van der Waals surface area contributed by atoms with Gasteiger partial charge < -0.3 is 10.2 Å². The quantitative estimate of drug-likeness (QED) is 0.814. The highest BCUT2D eigenvalue weighted by Gasteiger charge is 2.15. The van der Waals surface area contributed by atoms with Crippen LogP contribution in [0, 0.1) is 5.92 Å². The Kier molecular flexibility index (Phi) is 6.14. The summed E-state index contributed by atoms with van der Waals surface area (Å²) >= 11 is 9.57. The van der Waals surface area contributed by atoms with Crippen molar-refractivity contribution in [1.29, 1.82) is 0 Å². The van der Waals surface area contributed by atoms with E-state index in [9.17, 15) is 0 Å². The summed E-state index contributed by atoms with van der Waals surface area (Å²) in [7, 11) is 2.21. The fraction of sp³-hybridized carbons (Fsp3) is 0.600. The van der Waals surface area contributed by atoms with Gasteiger partial charge in [-0.15, -0.1) is 0 Å². The number of hydrogen-bond donors (Lipinski definition) is 1. The first-order chi connectivity index (χ1) is 9.15. The Morgan fingerprint density at radius 1 is 1.37 bits per heavy atom. The molecule has 106 valence electrons. The highest BCUT2D eigenvalue weighted by molar-refractivity contribution is 9.10. The van der Waals surface area contributed by atoms with Crippen molar-refractivity contribution < 1.29 is 0 Å². The van der Waals surface area contributed by atoms with E-state index in [-0.39, 0.29) is 0 Å². The van der Waals surface area contributed by atoms with Crippen LogP contribution >= 0.6 is 27.5 Å². The molecule has 2 nitrogen and oxygen atoms in total. The number of nitrogens with zero attached hydrogens (tertiary/aromatic N) is 1. The Balaban J connectivity index is 1.68. The minimum absolute atomic E-state index is 0.801. The molecule has 0 bridgehead atoms. The molecule has 1 heterocycles. The van der Waals surface area contributed by atoms with Gasteiger partial charge in [0.2, 0.25) is 0 Å². The normalized spacial score (nSPS) is 17.8. The van der Waals surface area contributed by atoms with Crippen molar-refractivity contribution in [3.05, 3.63) is 33.3 Å². The van der Waals surface area contributed by atoms with Crippen LogP contribution in [0.25, 0.3) is 0 Å². The van der Waals surface area contributed by atoms with Gasteiger partial charge in [0.05, 0.1) is 0 Å². The highest BCUT2D eigenvalue weighted by Crippen LogP contribution is 2.21. The number of rotatable bonds is 5. The van der Waals surface area contributed by atoms with Crippen molar-refractivity contribution in [3.8, 4) is 0 Å². The molecule has 0 amide bonds. The first-order valence-corrected chi connectivity index (χ1v) is 8.15. The summed E-state index contributed by atoms with van der Waals surface area (Å²) in [5.74, 6) is 0.895. The maximum Gasteiger partial charge on any atom is 0.0410 e. The van der Waals surface area contributed by atoms with E-state index in [2.05, 4.69) is 33.2 Å². The molecule has 1 fully saturated rings. The molecule has 1 aromatic rings. The number of hydrogen-bond acceptors (Lipinski definition) is 2. The number of likely N-dealkylation sites (tertiary alicyclic amines) is 1. The van der Waals surface area contributed by atoms with Crippen molar-refractivity contribution in [3.63, 3.8) is 0 Å². The number of piperidine rings is 1. The molecular weight excluding hydrogens is 324 g/mol. The third-order valence-corrected chi connectivity index (χ3v) is 4.90. The molecule has 0 aromatic heterocycles. The average molecular weight is 346 g/mol. The molecule has 1 aliphatic rings. The van der Waals surface area contributed by atoms with E-state index in [4.69, 9.17) is 11.6 Å². The van der Waals surface area contributed by atoms with E-state index in [0.29, 0.717) is 0 Å². The molecule has 0 saturated carbocycles. The Labute approximate surface area is 129 Å². The zero-order valence-electron chi connectivity index (χ0n) is 11.5. The molecule has 0 spiro atoms. The standard InChI is InChI=1S/C15H22BrClN2/c1-19-8-5-12(6-9-19)4-7-18-11-13-10-14(17)2-3-15(13)16/h2-3,10,12,18H,4-9,11H2,1H3. The van der Waals surface area contributed by atoms with Crippen LogP contribution in [0.3, 0.4) is 0 Å². The average Bonchev–Trinajstić information content (AvgIpc) is 2.40. The molecule has 0 atom stereocenters. The Morgan fingerprint density at radius 3 is 2.84 bits per heavy atom. The summed E-state index contributed by atoms with van der Waals surface area (Å²) in [4.78, 5) is 2.42. The monoisotopic (exact) mass is 344 g/mol.